The van der Waals surface area contributed by atoms with Gasteiger partial charge in [0.1, 0.15) is 6.61 Å². The zero-order valence-corrected chi connectivity index (χ0v) is 17.2. The SMILES string of the molecule is CCOc1cc(/C=N\n2c(C(F)(F)F)n[nH]c2=S)ccc1OCc1ccccc1Cl. The van der Waals surface area contributed by atoms with E-state index in [1.807, 2.05) is 18.2 Å². The van der Waals surface area contributed by atoms with E-state index in [4.69, 9.17) is 33.3 Å². The van der Waals surface area contributed by atoms with Crippen molar-refractivity contribution in [3.63, 3.8) is 0 Å². The molecule has 0 aliphatic heterocycles. The number of alkyl halides is 3. The summed E-state index contributed by atoms with van der Waals surface area (Å²) in [5, 5.41) is 9.63. The van der Waals surface area contributed by atoms with Crippen molar-refractivity contribution in [2.24, 2.45) is 5.10 Å². The van der Waals surface area contributed by atoms with E-state index in [1.165, 1.54) is 6.21 Å². The lowest BCUT2D eigenvalue weighted by molar-refractivity contribution is -0.147. The van der Waals surface area contributed by atoms with Crippen molar-refractivity contribution in [1.82, 2.24) is 14.9 Å². The van der Waals surface area contributed by atoms with Gasteiger partial charge in [-0.1, -0.05) is 29.8 Å². The summed E-state index contributed by atoms with van der Waals surface area (Å²) in [6.07, 6.45) is -3.47. The lowest BCUT2D eigenvalue weighted by Crippen LogP contribution is -2.12. The molecular formula is C19H16ClF3N4O2S. The minimum absolute atomic E-state index is 0.228. The van der Waals surface area contributed by atoms with Gasteiger partial charge in [0.2, 0.25) is 4.77 Å². The number of ether oxygens (including phenoxy) is 2. The van der Waals surface area contributed by atoms with Crippen LogP contribution in [0.5, 0.6) is 11.5 Å². The number of aromatic amines is 1. The number of nitrogens with zero attached hydrogens (tertiary/aromatic N) is 3. The Kier molecular flexibility index (Phi) is 6.78. The summed E-state index contributed by atoms with van der Waals surface area (Å²) in [5.74, 6) is -0.362. The molecule has 2 aromatic carbocycles. The Hall–Kier alpha value is -2.85. The van der Waals surface area contributed by atoms with E-state index in [-0.39, 0.29) is 11.4 Å². The van der Waals surface area contributed by atoms with Crippen molar-refractivity contribution in [2.45, 2.75) is 19.7 Å². The Morgan fingerprint density at radius 3 is 2.67 bits per heavy atom. The van der Waals surface area contributed by atoms with Crippen LogP contribution >= 0.6 is 23.8 Å². The van der Waals surface area contributed by atoms with Crippen LogP contribution < -0.4 is 9.47 Å². The Morgan fingerprint density at radius 1 is 1.20 bits per heavy atom. The van der Waals surface area contributed by atoms with Crippen molar-refractivity contribution in [3.05, 3.63) is 69.2 Å². The first-order valence-electron chi connectivity index (χ1n) is 8.71. The van der Waals surface area contributed by atoms with Crippen LogP contribution in [0.3, 0.4) is 0 Å². The minimum atomic E-state index is -4.70. The molecule has 1 aromatic heterocycles. The highest BCUT2D eigenvalue weighted by Gasteiger charge is 2.37. The van der Waals surface area contributed by atoms with Crippen molar-refractivity contribution >= 4 is 30.0 Å². The van der Waals surface area contributed by atoms with Crippen LogP contribution in [-0.4, -0.2) is 27.7 Å². The molecule has 6 nitrogen and oxygen atoms in total. The second kappa shape index (κ2) is 9.31. The minimum Gasteiger partial charge on any atom is -0.490 e. The predicted octanol–water partition coefficient (Wildman–Crippen LogP) is 5.47. The van der Waals surface area contributed by atoms with Crippen LogP contribution in [0.25, 0.3) is 0 Å². The Morgan fingerprint density at radius 2 is 1.97 bits per heavy atom. The summed E-state index contributed by atoms with van der Waals surface area (Å²) in [6, 6.07) is 12.2. The van der Waals surface area contributed by atoms with Gasteiger partial charge in [0.05, 0.1) is 12.8 Å². The van der Waals surface area contributed by atoms with Crippen molar-refractivity contribution < 1.29 is 22.6 Å². The summed E-state index contributed by atoms with van der Waals surface area (Å²) in [6.45, 7) is 2.40. The van der Waals surface area contributed by atoms with Gasteiger partial charge in [-0.05, 0) is 49.0 Å². The number of rotatable bonds is 7. The maximum atomic E-state index is 13.0. The smallest absolute Gasteiger partial charge is 0.453 e. The van der Waals surface area contributed by atoms with E-state index < -0.39 is 12.0 Å². The molecule has 0 saturated carbocycles. The van der Waals surface area contributed by atoms with Crippen LogP contribution in [0, 0.1) is 4.77 Å². The number of hydrogen-bond acceptors (Lipinski definition) is 5. The van der Waals surface area contributed by atoms with Crippen molar-refractivity contribution in [2.75, 3.05) is 6.61 Å². The van der Waals surface area contributed by atoms with Gasteiger partial charge >= 0.3 is 6.18 Å². The molecule has 1 N–H and O–H groups in total. The summed E-state index contributed by atoms with van der Waals surface area (Å²) >= 11 is 10.9. The molecule has 0 amide bonds. The molecule has 1 heterocycles. The second-order valence-corrected chi connectivity index (χ2v) is 6.72. The fraction of sp³-hybridized carbons (Fsp3) is 0.211. The molecule has 0 radical (unpaired) electrons. The first-order chi connectivity index (χ1) is 14.3. The van der Waals surface area contributed by atoms with E-state index >= 15 is 0 Å². The summed E-state index contributed by atoms with van der Waals surface area (Å²) < 4.78 is 50.6. The van der Waals surface area contributed by atoms with Crippen molar-refractivity contribution in [1.29, 1.82) is 0 Å². The monoisotopic (exact) mass is 456 g/mol. The third-order valence-corrected chi connectivity index (χ3v) is 4.47. The fourth-order valence-electron chi connectivity index (χ4n) is 2.47. The van der Waals surface area contributed by atoms with Crippen LogP contribution in [-0.2, 0) is 12.8 Å². The Labute approximate surface area is 179 Å². The van der Waals surface area contributed by atoms with Gasteiger partial charge in [-0.25, -0.2) is 5.10 Å². The molecule has 0 spiro atoms. The number of hydrogen-bond donors (Lipinski definition) is 1. The second-order valence-electron chi connectivity index (χ2n) is 5.93. The van der Waals surface area contributed by atoms with E-state index in [0.29, 0.717) is 33.4 Å². The highest BCUT2D eigenvalue weighted by atomic mass is 35.5. The highest BCUT2D eigenvalue weighted by Crippen LogP contribution is 2.30. The fourth-order valence-corrected chi connectivity index (χ4v) is 2.84. The normalized spacial score (nSPS) is 11.8. The Balaban J connectivity index is 1.83. The van der Waals surface area contributed by atoms with Gasteiger partial charge in [-0.15, -0.1) is 5.10 Å². The number of halogens is 4. The molecule has 0 saturated heterocycles. The molecular weight excluding hydrogens is 441 g/mol. The number of aromatic nitrogens is 3. The average molecular weight is 457 g/mol. The predicted molar refractivity (Wildman–Crippen MR) is 109 cm³/mol. The molecule has 11 heteroatoms. The van der Waals surface area contributed by atoms with Crippen LogP contribution in [0.15, 0.2) is 47.6 Å². The maximum absolute atomic E-state index is 13.0. The third-order valence-electron chi connectivity index (χ3n) is 3.83. The van der Waals surface area contributed by atoms with Crippen LogP contribution in [0.4, 0.5) is 13.2 Å². The van der Waals surface area contributed by atoms with Crippen LogP contribution in [0.2, 0.25) is 5.02 Å². The number of nitrogens with one attached hydrogen (secondary N) is 1. The van der Waals surface area contributed by atoms with E-state index in [2.05, 4.69) is 15.3 Å². The Bertz CT molecular complexity index is 1110. The van der Waals surface area contributed by atoms with Gasteiger partial charge in [0.25, 0.3) is 5.82 Å². The molecule has 0 fully saturated rings. The van der Waals surface area contributed by atoms with Gasteiger partial charge in [0, 0.05) is 10.6 Å². The molecule has 3 rings (SSSR count). The van der Waals surface area contributed by atoms with E-state index in [0.717, 1.165) is 5.56 Å². The average Bonchev–Trinajstić information content (AvgIpc) is 3.08. The molecule has 0 unspecified atom stereocenters. The topological polar surface area (TPSA) is 64.4 Å². The highest BCUT2D eigenvalue weighted by molar-refractivity contribution is 7.71. The first kappa shape index (κ1) is 21.8. The molecule has 0 aliphatic carbocycles. The zero-order valence-electron chi connectivity index (χ0n) is 15.6. The summed E-state index contributed by atoms with van der Waals surface area (Å²) in [7, 11) is 0. The van der Waals surface area contributed by atoms with E-state index in [9.17, 15) is 13.2 Å². The standard InChI is InChI=1S/C19H16ClF3N4O2S/c1-2-28-16-9-12(10-24-27-17(19(21,22)23)25-26-18(27)30)7-8-15(16)29-11-13-5-3-4-6-14(13)20/h3-10H,2,11H2,1H3,(H,26,30)/b24-10-. The van der Waals surface area contributed by atoms with Gasteiger partial charge in [0.15, 0.2) is 11.5 Å². The summed E-state index contributed by atoms with van der Waals surface area (Å²) in [4.78, 5) is 0. The molecule has 0 atom stereocenters. The van der Waals surface area contributed by atoms with Crippen molar-refractivity contribution in [3.8, 4) is 11.5 Å². The van der Waals surface area contributed by atoms with Crippen LogP contribution in [0.1, 0.15) is 23.9 Å². The molecule has 0 aliphatic rings. The molecule has 0 bridgehead atoms. The third kappa shape index (κ3) is 5.19. The van der Waals surface area contributed by atoms with Gasteiger partial charge < -0.3 is 9.47 Å². The van der Waals surface area contributed by atoms with Gasteiger partial charge in [-0.2, -0.15) is 22.9 Å². The zero-order chi connectivity index (χ0) is 21.7. The van der Waals surface area contributed by atoms with Gasteiger partial charge in [-0.3, -0.25) is 0 Å². The lowest BCUT2D eigenvalue weighted by Gasteiger charge is -2.13. The molecule has 30 heavy (non-hydrogen) atoms. The first-order valence-corrected chi connectivity index (χ1v) is 9.50. The largest absolute Gasteiger partial charge is 0.490 e. The molecule has 158 valence electrons. The number of H-pyrrole nitrogens is 1. The maximum Gasteiger partial charge on any atom is 0.453 e. The number of benzene rings is 2. The van der Waals surface area contributed by atoms with E-state index in [1.54, 1.807) is 31.2 Å². The quantitative estimate of drug-likeness (QED) is 0.378. The summed E-state index contributed by atoms with van der Waals surface area (Å²) in [5.41, 5.74) is 1.29. The lowest BCUT2D eigenvalue weighted by atomic mass is 10.2. The molecule has 3 aromatic rings.